The molecule has 1 aromatic heterocycles. The van der Waals surface area contributed by atoms with Crippen LogP contribution in [0.1, 0.15) is 42.4 Å². The summed E-state index contributed by atoms with van der Waals surface area (Å²) in [5, 5.41) is 4.73. The molecule has 0 unspecified atom stereocenters. The number of Topliss-reactive ketones (excluding diaryl/α,β-unsaturated/α-hetero) is 1. The van der Waals surface area contributed by atoms with Gasteiger partial charge in [0.25, 0.3) is 0 Å². The molecule has 0 aliphatic heterocycles. The Morgan fingerprint density at radius 3 is 2.31 bits per heavy atom. The maximum absolute atomic E-state index is 12.3. The molecule has 5 heteroatoms. The first-order valence-electron chi connectivity index (χ1n) is 12.6. The number of fused-ring (bicyclic) bond motifs is 2. The van der Waals surface area contributed by atoms with Crippen LogP contribution in [0.15, 0.2) is 72.8 Å². The molecule has 0 spiro atoms. The molecule has 0 atom stereocenters. The number of unbranched alkanes of at least 4 members (excludes halogenated alkanes) is 2. The van der Waals surface area contributed by atoms with Gasteiger partial charge in [-0.05, 0) is 61.1 Å². The molecule has 1 aliphatic rings. The normalized spacial score (nSPS) is 13.2. The van der Waals surface area contributed by atoms with Crippen LogP contribution in [0.3, 0.4) is 0 Å². The fourth-order valence-electron chi connectivity index (χ4n) is 4.90. The van der Waals surface area contributed by atoms with Crippen LogP contribution in [0.2, 0.25) is 0 Å². The molecule has 0 saturated carbocycles. The summed E-state index contributed by atoms with van der Waals surface area (Å²) in [6.45, 7) is 0.692. The highest BCUT2D eigenvalue weighted by Gasteiger charge is 2.22. The van der Waals surface area contributed by atoms with E-state index in [1.165, 1.54) is 11.1 Å². The zero-order valence-electron chi connectivity index (χ0n) is 20.0. The third-order valence-corrected chi connectivity index (χ3v) is 6.77. The number of rotatable bonds is 10. The zero-order valence-corrected chi connectivity index (χ0v) is 20.0. The van der Waals surface area contributed by atoms with E-state index in [0.717, 1.165) is 60.0 Å². The van der Waals surface area contributed by atoms with Gasteiger partial charge in [0.05, 0.1) is 5.52 Å². The molecule has 0 bridgehead atoms. The Kier molecular flexibility index (Phi) is 7.15. The summed E-state index contributed by atoms with van der Waals surface area (Å²) in [5.41, 5.74) is 11.3. The van der Waals surface area contributed by atoms with Gasteiger partial charge >= 0.3 is 0 Å². The highest BCUT2D eigenvalue weighted by Crippen LogP contribution is 2.29. The minimum atomic E-state index is 0.278. The summed E-state index contributed by atoms with van der Waals surface area (Å²) < 4.78 is 0. The number of aromatic nitrogens is 2. The monoisotopic (exact) mass is 464 g/mol. The summed E-state index contributed by atoms with van der Waals surface area (Å²) in [6, 6.07) is 25.2. The van der Waals surface area contributed by atoms with E-state index >= 15 is 0 Å². The second-order valence-electron chi connectivity index (χ2n) is 9.44. The lowest BCUT2D eigenvalue weighted by atomic mass is 10.0. The second kappa shape index (κ2) is 10.8. The molecule has 1 aliphatic carbocycles. The molecule has 4 aromatic rings. The van der Waals surface area contributed by atoms with Gasteiger partial charge in [-0.2, -0.15) is 0 Å². The molecule has 35 heavy (non-hydrogen) atoms. The smallest absolute Gasteiger partial charge is 0.162 e. The van der Waals surface area contributed by atoms with Gasteiger partial charge in [-0.1, -0.05) is 67.1 Å². The Morgan fingerprint density at radius 2 is 1.57 bits per heavy atom. The van der Waals surface area contributed by atoms with Gasteiger partial charge in [0.2, 0.25) is 0 Å². The van der Waals surface area contributed by atoms with E-state index in [1.807, 2.05) is 42.5 Å². The molecule has 5 rings (SSSR count). The highest BCUT2D eigenvalue weighted by atomic mass is 16.1. The van der Waals surface area contributed by atoms with E-state index in [0.29, 0.717) is 31.3 Å². The maximum atomic E-state index is 12.3. The number of hydrogen-bond acceptors (Lipinski definition) is 5. The van der Waals surface area contributed by atoms with E-state index in [1.54, 1.807) is 0 Å². The van der Waals surface area contributed by atoms with Gasteiger partial charge in [-0.25, -0.2) is 9.97 Å². The quantitative estimate of drug-likeness (QED) is 0.303. The molecule has 0 amide bonds. The minimum Gasteiger partial charge on any atom is -0.366 e. The van der Waals surface area contributed by atoms with Crippen LogP contribution in [-0.2, 0) is 24.1 Å². The number of carbonyl (C=O) groups excluding carboxylic acids is 1. The molecule has 3 N–H and O–H groups in total. The number of nitrogens with two attached hydrogens (primary N) is 1. The summed E-state index contributed by atoms with van der Waals surface area (Å²) in [4.78, 5) is 22.1. The van der Waals surface area contributed by atoms with Crippen molar-refractivity contribution in [2.45, 2.75) is 51.0 Å². The van der Waals surface area contributed by atoms with Crippen LogP contribution < -0.4 is 11.1 Å². The van der Waals surface area contributed by atoms with Gasteiger partial charge in [-0.3, -0.25) is 4.79 Å². The number of nitrogens with zero attached hydrogens (tertiary/aromatic N) is 2. The first-order chi connectivity index (χ1) is 17.2. The van der Waals surface area contributed by atoms with E-state index in [2.05, 4.69) is 35.6 Å². The van der Waals surface area contributed by atoms with Crippen LogP contribution in [0.5, 0.6) is 0 Å². The second-order valence-corrected chi connectivity index (χ2v) is 9.44. The van der Waals surface area contributed by atoms with Gasteiger partial charge in [0.1, 0.15) is 11.6 Å². The molecule has 0 radical (unpaired) electrons. The van der Waals surface area contributed by atoms with Crippen molar-refractivity contribution >= 4 is 22.5 Å². The lowest BCUT2D eigenvalue weighted by molar-refractivity contribution is -0.118. The van der Waals surface area contributed by atoms with Crippen molar-refractivity contribution in [3.63, 3.8) is 0 Å². The summed E-state index contributed by atoms with van der Waals surface area (Å²) in [6.07, 6.45) is 6.01. The molecule has 3 aromatic carbocycles. The molecular weight excluding hydrogens is 432 g/mol. The lowest BCUT2D eigenvalue weighted by Gasteiger charge is -2.16. The Bertz CT molecular complexity index is 1290. The van der Waals surface area contributed by atoms with Crippen molar-refractivity contribution in [2.75, 3.05) is 11.9 Å². The topological polar surface area (TPSA) is 80.9 Å². The van der Waals surface area contributed by atoms with E-state index in [4.69, 9.17) is 15.7 Å². The largest absolute Gasteiger partial charge is 0.366 e. The van der Waals surface area contributed by atoms with Gasteiger partial charge in [0.15, 0.2) is 5.82 Å². The summed E-state index contributed by atoms with van der Waals surface area (Å²) in [7, 11) is 0. The van der Waals surface area contributed by atoms with Crippen LogP contribution in [0, 0.1) is 0 Å². The first kappa shape index (κ1) is 23.2. The minimum absolute atomic E-state index is 0.278. The SMILES string of the molecule is NCCCCCC(=O)Cc1ccc(-c2nc(NC3Cc4ccccc4C3)c3ccccc3n2)cc1. The Hall–Kier alpha value is -3.57. The average molecular weight is 465 g/mol. The summed E-state index contributed by atoms with van der Waals surface area (Å²) in [5.74, 6) is 1.85. The van der Waals surface area contributed by atoms with Crippen LogP contribution in [-0.4, -0.2) is 28.3 Å². The zero-order chi connectivity index (χ0) is 24.0. The predicted molar refractivity (Wildman–Crippen MR) is 142 cm³/mol. The standard InChI is InChI=1S/C30H32N4O/c31-17-7-1-2-10-26(35)18-21-13-15-22(16-14-21)29-33-28-12-6-5-11-27(28)30(34-29)32-25-19-23-8-3-4-9-24(23)20-25/h3-6,8-9,11-16,25H,1-2,7,10,17-20,31H2,(H,32,33,34). The van der Waals surface area contributed by atoms with Gasteiger partial charge in [-0.15, -0.1) is 0 Å². The number of anilines is 1. The van der Waals surface area contributed by atoms with Crippen LogP contribution >= 0.6 is 0 Å². The molecule has 0 fully saturated rings. The summed E-state index contributed by atoms with van der Waals surface area (Å²) >= 11 is 0. The van der Waals surface area contributed by atoms with E-state index in [-0.39, 0.29) is 5.78 Å². The molecular formula is C30H32N4O. The molecule has 5 nitrogen and oxygen atoms in total. The number of benzene rings is 3. The number of carbonyl (C=O) groups is 1. The average Bonchev–Trinajstić information content (AvgIpc) is 3.29. The van der Waals surface area contributed by atoms with Crippen molar-refractivity contribution in [3.8, 4) is 11.4 Å². The Labute approximate surface area is 206 Å². The first-order valence-corrected chi connectivity index (χ1v) is 12.6. The van der Waals surface area contributed by atoms with Crippen molar-refractivity contribution in [1.82, 2.24) is 9.97 Å². The van der Waals surface area contributed by atoms with E-state index < -0.39 is 0 Å². The molecule has 178 valence electrons. The fraction of sp³-hybridized carbons (Fsp3) is 0.300. The third kappa shape index (κ3) is 5.57. The molecule has 0 saturated heterocycles. The lowest BCUT2D eigenvalue weighted by Crippen LogP contribution is -2.20. The predicted octanol–water partition coefficient (Wildman–Crippen LogP) is 5.51. The third-order valence-electron chi connectivity index (χ3n) is 6.77. The van der Waals surface area contributed by atoms with Gasteiger partial charge < -0.3 is 11.1 Å². The van der Waals surface area contributed by atoms with Crippen molar-refractivity contribution in [3.05, 3.63) is 89.5 Å². The Balaban J connectivity index is 1.33. The number of nitrogens with one attached hydrogen (secondary N) is 1. The number of ketones is 1. The van der Waals surface area contributed by atoms with Crippen molar-refractivity contribution < 1.29 is 4.79 Å². The fourth-order valence-corrected chi connectivity index (χ4v) is 4.90. The molecule has 1 heterocycles. The number of hydrogen-bond donors (Lipinski definition) is 2. The van der Waals surface area contributed by atoms with Crippen LogP contribution in [0.4, 0.5) is 5.82 Å². The van der Waals surface area contributed by atoms with E-state index in [9.17, 15) is 4.79 Å². The number of para-hydroxylation sites is 1. The van der Waals surface area contributed by atoms with Gasteiger partial charge in [0, 0.05) is 29.8 Å². The van der Waals surface area contributed by atoms with Crippen molar-refractivity contribution in [1.29, 1.82) is 0 Å². The van der Waals surface area contributed by atoms with Crippen LogP contribution in [0.25, 0.3) is 22.3 Å². The Morgan fingerprint density at radius 1 is 0.857 bits per heavy atom. The maximum Gasteiger partial charge on any atom is 0.162 e. The highest BCUT2D eigenvalue weighted by molar-refractivity contribution is 5.90. The van der Waals surface area contributed by atoms with Crippen molar-refractivity contribution in [2.24, 2.45) is 5.73 Å².